The van der Waals surface area contributed by atoms with Crippen LogP contribution in [0.3, 0.4) is 0 Å². The van der Waals surface area contributed by atoms with Gasteiger partial charge in [0.2, 0.25) is 0 Å². The van der Waals surface area contributed by atoms with E-state index in [2.05, 4.69) is 9.97 Å². The largest absolute Gasteiger partial charge is 0.377 e. The van der Waals surface area contributed by atoms with Crippen LogP contribution in [0.15, 0.2) is 24.5 Å². The third-order valence-corrected chi connectivity index (χ3v) is 3.31. The van der Waals surface area contributed by atoms with Gasteiger partial charge in [0.15, 0.2) is 0 Å². The summed E-state index contributed by atoms with van der Waals surface area (Å²) in [7, 11) is 0. The van der Waals surface area contributed by atoms with E-state index in [9.17, 15) is 4.79 Å². The summed E-state index contributed by atoms with van der Waals surface area (Å²) >= 11 is 0. The van der Waals surface area contributed by atoms with Crippen molar-refractivity contribution >= 4 is 16.9 Å². The summed E-state index contributed by atoms with van der Waals surface area (Å²) in [5, 5.41) is 0.876. The monoisotopic (exact) mass is 245 g/mol. The highest BCUT2D eigenvalue weighted by Crippen LogP contribution is 2.19. The van der Waals surface area contributed by atoms with Gasteiger partial charge in [-0.25, -0.2) is 4.98 Å². The summed E-state index contributed by atoms with van der Waals surface area (Å²) in [5.41, 5.74) is 1.44. The maximum absolute atomic E-state index is 12.5. The van der Waals surface area contributed by atoms with Crippen molar-refractivity contribution in [1.29, 1.82) is 0 Å². The van der Waals surface area contributed by atoms with Crippen LogP contribution < -0.4 is 0 Å². The number of aromatic nitrogens is 2. The number of morpholine rings is 1. The number of carbonyl (C=O) groups excluding carboxylic acids is 1. The molecule has 18 heavy (non-hydrogen) atoms. The van der Waals surface area contributed by atoms with Crippen molar-refractivity contribution < 1.29 is 9.53 Å². The molecule has 1 fully saturated rings. The molecule has 0 aromatic carbocycles. The summed E-state index contributed by atoms with van der Waals surface area (Å²) in [4.78, 5) is 21.6. The molecule has 0 saturated carbocycles. The first kappa shape index (κ1) is 11.2. The van der Waals surface area contributed by atoms with E-state index in [-0.39, 0.29) is 11.9 Å². The molecule has 5 nitrogen and oxygen atoms in total. The van der Waals surface area contributed by atoms with Gasteiger partial charge in [0.25, 0.3) is 5.91 Å². The van der Waals surface area contributed by atoms with Crippen LogP contribution in [-0.2, 0) is 4.74 Å². The van der Waals surface area contributed by atoms with Gasteiger partial charge in [0.1, 0.15) is 5.65 Å². The molecule has 2 aromatic heterocycles. The van der Waals surface area contributed by atoms with Gasteiger partial charge in [-0.05, 0) is 19.1 Å². The second-order valence-corrected chi connectivity index (χ2v) is 4.52. The average molecular weight is 245 g/mol. The number of aromatic amines is 1. The van der Waals surface area contributed by atoms with Crippen molar-refractivity contribution in [2.24, 2.45) is 0 Å². The molecule has 94 valence electrons. The van der Waals surface area contributed by atoms with Crippen molar-refractivity contribution in [1.82, 2.24) is 14.9 Å². The molecular formula is C13H15N3O2. The Morgan fingerprint density at radius 3 is 3.33 bits per heavy atom. The molecule has 0 radical (unpaired) electrons. The summed E-state index contributed by atoms with van der Waals surface area (Å²) in [6, 6.07) is 3.88. The van der Waals surface area contributed by atoms with Crippen molar-refractivity contribution in [3.63, 3.8) is 0 Å². The number of hydrogen-bond acceptors (Lipinski definition) is 3. The number of nitrogens with zero attached hydrogens (tertiary/aromatic N) is 2. The Morgan fingerprint density at radius 2 is 2.50 bits per heavy atom. The van der Waals surface area contributed by atoms with E-state index >= 15 is 0 Å². The smallest absolute Gasteiger partial charge is 0.256 e. The number of carbonyl (C=O) groups is 1. The zero-order valence-electron chi connectivity index (χ0n) is 10.2. The molecule has 0 bridgehead atoms. The fourth-order valence-electron chi connectivity index (χ4n) is 2.32. The molecular weight excluding hydrogens is 230 g/mol. The Balaban J connectivity index is 1.96. The van der Waals surface area contributed by atoms with Gasteiger partial charge in [-0.15, -0.1) is 0 Å². The minimum atomic E-state index is 0.0463. The van der Waals surface area contributed by atoms with Gasteiger partial charge in [0.05, 0.1) is 24.8 Å². The molecule has 0 spiro atoms. The lowest BCUT2D eigenvalue weighted by Crippen LogP contribution is -2.47. The van der Waals surface area contributed by atoms with Crippen LogP contribution in [0.1, 0.15) is 17.3 Å². The second-order valence-electron chi connectivity index (χ2n) is 4.52. The van der Waals surface area contributed by atoms with E-state index in [1.165, 1.54) is 0 Å². The Hall–Kier alpha value is -1.88. The van der Waals surface area contributed by atoms with Gasteiger partial charge in [0, 0.05) is 24.3 Å². The maximum Gasteiger partial charge on any atom is 0.256 e. The summed E-state index contributed by atoms with van der Waals surface area (Å²) in [5.74, 6) is 0.0463. The predicted octanol–water partition coefficient (Wildman–Crippen LogP) is 1.42. The Labute approximate surface area is 105 Å². The van der Waals surface area contributed by atoms with Crippen molar-refractivity contribution in [3.05, 3.63) is 30.1 Å². The van der Waals surface area contributed by atoms with Crippen LogP contribution in [0.5, 0.6) is 0 Å². The molecule has 0 aliphatic carbocycles. The fraction of sp³-hybridized carbons (Fsp3) is 0.385. The Morgan fingerprint density at radius 1 is 1.61 bits per heavy atom. The second kappa shape index (κ2) is 4.42. The molecule has 1 unspecified atom stereocenters. The molecule has 3 heterocycles. The molecule has 1 saturated heterocycles. The number of amides is 1. The van der Waals surface area contributed by atoms with Crippen LogP contribution in [0, 0.1) is 0 Å². The number of hydrogen-bond donors (Lipinski definition) is 1. The van der Waals surface area contributed by atoms with Crippen LogP contribution in [0.4, 0.5) is 0 Å². The van der Waals surface area contributed by atoms with E-state index in [4.69, 9.17) is 4.74 Å². The number of fused-ring (bicyclic) bond motifs is 1. The first-order valence-electron chi connectivity index (χ1n) is 6.08. The average Bonchev–Trinajstić information content (AvgIpc) is 2.82. The van der Waals surface area contributed by atoms with Gasteiger partial charge in [-0.1, -0.05) is 0 Å². The van der Waals surface area contributed by atoms with Crippen LogP contribution in [0.25, 0.3) is 11.0 Å². The Bertz CT molecular complexity index is 578. The third kappa shape index (κ3) is 1.76. The van der Waals surface area contributed by atoms with Crippen LogP contribution >= 0.6 is 0 Å². The SMILES string of the molecule is CC1COCCN1C(=O)c1c[nH]c2ncccc12. The highest BCUT2D eigenvalue weighted by atomic mass is 16.5. The topological polar surface area (TPSA) is 58.2 Å². The maximum atomic E-state index is 12.5. The summed E-state index contributed by atoms with van der Waals surface area (Å²) < 4.78 is 5.35. The molecule has 1 aliphatic heterocycles. The van der Waals surface area contributed by atoms with Gasteiger partial charge in [-0.3, -0.25) is 4.79 Å². The number of ether oxygens (including phenoxy) is 1. The lowest BCUT2D eigenvalue weighted by Gasteiger charge is -2.33. The summed E-state index contributed by atoms with van der Waals surface area (Å²) in [6.45, 7) is 3.86. The van der Waals surface area contributed by atoms with Crippen molar-refractivity contribution in [3.8, 4) is 0 Å². The zero-order valence-corrected chi connectivity index (χ0v) is 10.2. The molecule has 1 N–H and O–H groups in total. The molecule has 1 aliphatic rings. The summed E-state index contributed by atoms with van der Waals surface area (Å²) in [6.07, 6.45) is 3.45. The number of rotatable bonds is 1. The minimum Gasteiger partial charge on any atom is -0.377 e. The van der Waals surface area contributed by atoms with E-state index < -0.39 is 0 Å². The van der Waals surface area contributed by atoms with E-state index in [0.29, 0.717) is 25.3 Å². The zero-order chi connectivity index (χ0) is 12.5. The van der Waals surface area contributed by atoms with Gasteiger partial charge < -0.3 is 14.6 Å². The van der Waals surface area contributed by atoms with E-state index in [1.807, 2.05) is 24.0 Å². The van der Waals surface area contributed by atoms with Crippen LogP contribution in [0.2, 0.25) is 0 Å². The van der Waals surface area contributed by atoms with Gasteiger partial charge >= 0.3 is 0 Å². The number of nitrogens with one attached hydrogen (secondary N) is 1. The predicted molar refractivity (Wildman–Crippen MR) is 67.4 cm³/mol. The third-order valence-electron chi connectivity index (χ3n) is 3.31. The number of pyridine rings is 1. The molecule has 1 atom stereocenters. The minimum absolute atomic E-state index is 0.0463. The van der Waals surface area contributed by atoms with E-state index in [1.54, 1.807) is 12.4 Å². The van der Waals surface area contributed by atoms with Crippen molar-refractivity contribution in [2.45, 2.75) is 13.0 Å². The standard InChI is InChI=1S/C13H15N3O2/c1-9-8-18-6-5-16(9)13(17)11-7-15-12-10(11)3-2-4-14-12/h2-4,7,9H,5-6,8H2,1H3,(H,14,15). The van der Waals surface area contributed by atoms with Gasteiger partial charge in [-0.2, -0.15) is 0 Å². The lowest BCUT2D eigenvalue weighted by molar-refractivity contribution is 0.00371. The van der Waals surface area contributed by atoms with Crippen molar-refractivity contribution in [2.75, 3.05) is 19.8 Å². The highest BCUT2D eigenvalue weighted by Gasteiger charge is 2.26. The lowest BCUT2D eigenvalue weighted by atomic mass is 10.1. The molecule has 1 amide bonds. The highest BCUT2D eigenvalue weighted by molar-refractivity contribution is 6.06. The van der Waals surface area contributed by atoms with E-state index in [0.717, 1.165) is 11.0 Å². The fourth-order valence-corrected chi connectivity index (χ4v) is 2.32. The molecule has 3 rings (SSSR count). The molecule has 5 heteroatoms. The van der Waals surface area contributed by atoms with Crippen LogP contribution in [-0.4, -0.2) is 46.6 Å². The molecule has 2 aromatic rings. The quantitative estimate of drug-likeness (QED) is 0.826. The first-order valence-corrected chi connectivity index (χ1v) is 6.08. The normalized spacial score (nSPS) is 20.3. The Kier molecular flexibility index (Phi) is 2.76. The first-order chi connectivity index (χ1) is 8.77. The number of H-pyrrole nitrogens is 1.